The molecule has 2 aromatic heterocycles. The molecular weight excluding hydrogens is 366 g/mol. The lowest BCUT2D eigenvalue weighted by molar-refractivity contribution is 0.0947. The minimum absolute atomic E-state index is 0.173. The molecular formula is C23H25N3O3. The molecule has 1 N–H and O–H groups in total. The maximum atomic E-state index is 12.7. The van der Waals surface area contributed by atoms with Crippen molar-refractivity contribution in [2.45, 2.75) is 33.4 Å². The van der Waals surface area contributed by atoms with E-state index in [0.29, 0.717) is 12.2 Å². The molecule has 0 bridgehead atoms. The maximum Gasteiger partial charge on any atom is 0.257 e. The van der Waals surface area contributed by atoms with Crippen molar-refractivity contribution >= 4 is 5.91 Å². The van der Waals surface area contributed by atoms with Crippen LogP contribution in [0.25, 0.3) is 0 Å². The van der Waals surface area contributed by atoms with E-state index in [0.717, 1.165) is 29.1 Å². The van der Waals surface area contributed by atoms with Crippen LogP contribution in [0, 0.1) is 13.8 Å². The predicted molar refractivity (Wildman–Crippen MR) is 112 cm³/mol. The van der Waals surface area contributed by atoms with Crippen LogP contribution >= 0.6 is 0 Å². The van der Waals surface area contributed by atoms with Gasteiger partial charge in [0.2, 0.25) is 0 Å². The molecule has 3 aromatic rings. The van der Waals surface area contributed by atoms with E-state index < -0.39 is 0 Å². The van der Waals surface area contributed by atoms with Gasteiger partial charge in [-0.25, -0.2) is 0 Å². The Bertz CT molecular complexity index is 1060. The van der Waals surface area contributed by atoms with E-state index in [1.165, 1.54) is 6.07 Å². The van der Waals surface area contributed by atoms with Crippen LogP contribution in [0.3, 0.4) is 0 Å². The topological polar surface area (TPSA) is 73.2 Å². The van der Waals surface area contributed by atoms with E-state index >= 15 is 0 Å². The van der Waals surface area contributed by atoms with Gasteiger partial charge in [0.1, 0.15) is 11.3 Å². The van der Waals surface area contributed by atoms with Crippen LogP contribution in [-0.2, 0) is 19.5 Å². The van der Waals surface area contributed by atoms with Gasteiger partial charge in [0, 0.05) is 30.2 Å². The Balaban J connectivity index is 1.82. The molecule has 6 heteroatoms. The number of aromatic nitrogens is 2. The predicted octanol–water partition coefficient (Wildman–Crippen LogP) is 3.04. The number of para-hydroxylation sites is 1. The highest BCUT2D eigenvalue weighted by molar-refractivity contribution is 5.95. The first-order valence-corrected chi connectivity index (χ1v) is 9.52. The zero-order chi connectivity index (χ0) is 20.8. The Morgan fingerprint density at radius 2 is 1.90 bits per heavy atom. The van der Waals surface area contributed by atoms with Crippen LogP contribution < -0.4 is 15.5 Å². The number of hydrogen-bond donors (Lipinski definition) is 1. The molecule has 0 atom stereocenters. The number of ether oxygens (including phenoxy) is 1. The summed E-state index contributed by atoms with van der Waals surface area (Å²) in [6, 6.07) is 14.9. The Morgan fingerprint density at radius 1 is 1.14 bits per heavy atom. The minimum Gasteiger partial charge on any atom is -0.496 e. The number of benzene rings is 1. The first kappa shape index (κ1) is 20.3. The number of nitrogens with zero attached hydrogens (tertiary/aromatic N) is 2. The summed E-state index contributed by atoms with van der Waals surface area (Å²) in [5.41, 5.74) is 3.20. The molecule has 0 radical (unpaired) electrons. The zero-order valence-corrected chi connectivity index (χ0v) is 16.9. The minimum atomic E-state index is -0.385. The van der Waals surface area contributed by atoms with Crippen LogP contribution in [-0.4, -0.2) is 22.6 Å². The molecule has 0 aliphatic carbocycles. The quantitative estimate of drug-likeness (QED) is 0.672. The van der Waals surface area contributed by atoms with Crippen molar-refractivity contribution in [2.75, 3.05) is 7.11 Å². The van der Waals surface area contributed by atoms with Gasteiger partial charge < -0.3 is 14.6 Å². The van der Waals surface area contributed by atoms with E-state index in [1.54, 1.807) is 13.3 Å². The molecule has 0 aliphatic heterocycles. The zero-order valence-electron chi connectivity index (χ0n) is 16.9. The third kappa shape index (κ3) is 4.71. The Hall–Kier alpha value is -3.41. The van der Waals surface area contributed by atoms with Crippen molar-refractivity contribution in [3.05, 3.63) is 93.2 Å². The van der Waals surface area contributed by atoms with E-state index in [2.05, 4.69) is 10.3 Å². The van der Waals surface area contributed by atoms with Crippen molar-refractivity contribution in [3.8, 4) is 5.75 Å². The smallest absolute Gasteiger partial charge is 0.257 e. The first-order chi connectivity index (χ1) is 14.0. The molecule has 0 saturated carbocycles. The van der Waals surface area contributed by atoms with E-state index in [-0.39, 0.29) is 23.4 Å². The summed E-state index contributed by atoms with van der Waals surface area (Å²) in [7, 11) is 1.65. The summed E-state index contributed by atoms with van der Waals surface area (Å²) >= 11 is 0. The normalized spacial score (nSPS) is 10.6. The highest BCUT2D eigenvalue weighted by atomic mass is 16.5. The molecule has 0 aliphatic rings. The average molecular weight is 391 g/mol. The van der Waals surface area contributed by atoms with Crippen LogP contribution in [0.4, 0.5) is 0 Å². The number of pyridine rings is 2. The van der Waals surface area contributed by atoms with Gasteiger partial charge in [-0.2, -0.15) is 0 Å². The van der Waals surface area contributed by atoms with Crippen LogP contribution in [0.15, 0.2) is 59.5 Å². The Morgan fingerprint density at radius 3 is 2.62 bits per heavy atom. The third-order valence-corrected chi connectivity index (χ3v) is 4.96. The monoisotopic (exact) mass is 391 g/mol. The number of carbonyl (C=O) groups excluding carboxylic acids is 1. The average Bonchev–Trinajstić information content (AvgIpc) is 2.73. The second-order valence-corrected chi connectivity index (χ2v) is 6.83. The van der Waals surface area contributed by atoms with Crippen molar-refractivity contribution < 1.29 is 9.53 Å². The van der Waals surface area contributed by atoms with E-state index in [9.17, 15) is 9.59 Å². The molecule has 0 spiro atoms. The van der Waals surface area contributed by atoms with Crippen molar-refractivity contribution in [1.29, 1.82) is 0 Å². The number of methoxy groups -OCH3 is 1. The highest BCUT2D eigenvalue weighted by Gasteiger charge is 2.17. The summed E-state index contributed by atoms with van der Waals surface area (Å²) in [5.74, 6) is 0.446. The lowest BCUT2D eigenvalue weighted by atomic mass is 10.1. The largest absolute Gasteiger partial charge is 0.496 e. The fourth-order valence-electron chi connectivity index (χ4n) is 3.44. The molecule has 3 rings (SSSR count). The lowest BCUT2D eigenvalue weighted by Gasteiger charge is -2.18. The molecule has 1 aromatic carbocycles. The second kappa shape index (κ2) is 9.19. The fourth-order valence-corrected chi connectivity index (χ4v) is 3.44. The number of amides is 1. The number of hydrogen-bond acceptors (Lipinski definition) is 4. The lowest BCUT2D eigenvalue weighted by Crippen LogP contribution is -2.32. The maximum absolute atomic E-state index is 12.7. The molecule has 0 saturated heterocycles. The van der Waals surface area contributed by atoms with Gasteiger partial charge in [-0.15, -0.1) is 0 Å². The number of carbonyl (C=O) groups is 1. The SMILES string of the molecule is COc1ccccc1CCn1c(C)cc(=O)c(C(=O)NCc2ccccn2)c1C. The third-order valence-electron chi connectivity index (χ3n) is 4.96. The molecule has 150 valence electrons. The summed E-state index contributed by atoms with van der Waals surface area (Å²) in [4.78, 5) is 29.4. The molecule has 2 heterocycles. The van der Waals surface area contributed by atoms with Gasteiger partial charge in [0.05, 0.1) is 19.3 Å². The Labute approximate surface area is 170 Å². The fraction of sp³-hybridized carbons (Fsp3) is 0.261. The van der Waals surface area contributed by atoms with Crippen molar-refractivity contribution in [1.82, 2.24) is 14.9 Å². The van der Waals surface area contributed by atoms with Crippen molar-refractivity contribution in [3.63, 3.8) is 0 Å². The number of rotatable bonds is 7. The number of aryl methyl sites for hydroxylation is 2. The van der Waals surface area contributed by atoms with Crippen LogP contribution in [0.1, 0.15) is 33.0 Å². The van der Waals surface area contributed by atoms with Gasteiger partial charge in [-0.1, -0.05) is 24.3 Å². The van der Waals surface area contributed by atoms with Gasteiger partial charge >= 0.3 is 0 Å². The van der Waals surface area contributed by atoms with Gasteiger partial charge in [-0.3, -0.25) is 14.6 Å². The first-order valence-electron chi connectivity index (χ1n) is 9.52. The second-order valence-electron chi connectivity index (χ2n) is 6.83. The molecule has 6 nitrogen and oxygen atoms in total. The highest BCUT2D eigenvalue weighted by Crippen LogP contribution is 2.19. The Kier molecular flexibility index (Phi) is 6.44. The van der Waals surface area contributed by atoms with Crippen molar-refractivity contribution in [2.24, 2.45) is 0 Å². The van der Waals surface area contributed by atoms with Crippen LogP contribution in [0.2, 0.25) is 0 Å². The molecule has 0 fully saturated rings. The molecule has 29 heavy (non-hydrogen) atoms. The number of nitrogens with one attached hydrogen (secondary N) is 1. The van der Waals surface area contributed by atoms with E-state index in [1.807, 2.05) is 60.9 Å². The summed E-state index contributed by atoms with van der Waals surface area (Å²) < 4.78 is 7.42. The van der Waals surface area contributed by atoms with E-state index in [4.69, 9.17) is 4.74 Å². The molecule has 0 unspecified atom stereocenters. The summed E-state index contributed by atoms with van der Waals surface area (Å²) in [6.07, 6.45) is 2.40. The standard InChI is InChI=1S/C23H25N3O3/c1-16-14-20(27)22(23(28)25-15-19-9-6-7-12-24-19)17(2)26(16)13-11-18-8-4-5-10-21(18)29-3/h4-10,12,14H,11,13,15H2,1-3H3,(H,25,28). The molecule has 1 amide bonds. The summed E-state index contributed by atoms with van der Waals surface area (Å²) in [6.45, 7) is 4.60. The van der Waals surface area contributed by atoms with Gasteiger partial charge in [-0.05, 0) is 44.0 Å². The van der Waals surface area contributed by atoms with Crippen LogP contribution in [0.5, 0.6) is 5.75 Å². The van der Waals surface area contributed by atoms with Gasteiger partial charge in [0.15, 0.2) is 5.43 Å². The summed E-state index contributed by atoms with van der Waals surface area (Å²) in [5, 5.41) is 2.80. The van der Waals surface area contributed by atoms with Gasteiger partial charge in [0.25, 0.3) is 5.91 Å².